The van der Waals surface area contributed by atoms with E-state index in [1.165, 1.54) is 0 Å². The van der Waals surface area contributed by atoms with Gasteiger partial charge in [0.25, 0.3) is 0 Å². The summed E-state index contributed by atoms with van der Waals surface area (Å²) in [5.41, 5.74) is 2.04. The van der Waals surface area contributed by atoms with Gasteiger partial charge in [0.2, 0.25) is 21.7 Å². The number of sulfonamides is 1. The van der Waals surface area contributed by atoms with Crippen LogP contribution in [0.25, 0.3) is 0 Å². The summed E-state index contributed by atoms with van der Waals surface area (Å²) in [5.74, 6) is 2.35. The molecule has 0 saturated heterocycles. The van der Waals surface area contributed by atoms with Crippen LogP contribution in [0.2, 0.25) is 0 Å². The van der Waals surface area contributed by atoms with Gasteiger partial charge in [0.05, 0.1) is 26.2 Å². The van der Waals surface area contributed by atoms with E-state index in [9.17, 15) is 8.42 Å². The van der Waals surface area contributed by atoms with Crippen molar-refractivity contribution in [3.63, 3.8) is 0 Å². The van der Waals surface area contributed by atoms with Crippen molar-refractivity contribution in [1.82, 2.24) is 14.7 Å². The number of benzene rings is 2. The normalized spacial score (nSPS) is 13.9. The van der Waals surface area contributed by atoms with Crippen LogP contribution in [0.5, 0.6) is 17.2 Å². The maximum atomic E-state index is 12.9. The maximum absolute atomic E-state index is 12.9. The first-order valence-corrected chi connectivity index (χ1v) is 13.1. The molecule has 0 unspecified atom stereocenters. The van der Waals surface area contributed by atoms with E-state index < -0.39 is 10.0 Å². The number of hydrogen-bond acceptors (Lipinski definition) is 9. The van der Waals surface area contributed by atoms with Crippen LogP contribution in [0.15, 0.2) is 47.5 Å². The van der Waals surface area contributed by atoms with Gasteiger partial charge in [-0.2, -0.15) is 4.98 Å². The Labute approximate surface area is 211 Å². The monoisotopic (exact) mass is 513 g/mol. The quantitative estimate of drug-likeness (QED) is 0.359. The third-order valence-electron chi connectivity index (χ3n) is 5.98. The SMILES string of the molecule is COc1cc(Nc2ncc(C)c(Nc3cccc(S(=O)(=O)NC4CCCC4)c3)n2)cc(OC)c1OC. The highest BCUT2D eigenvalue weighted by Crippen LogP contribution is 2.40. The predicted molar refractivity (Wildman–Crippen MR) is 138 cm³/mol. The molecule has 1 aromatic heterocycles. The molecule has 4 rings (SSSR count). The standard InChI is InChI=1S/C25H31N5O5S/c1-16-15-26-25(28-19-13-21(33-2)23(35-4)22(14-19)34-3)29-24(16)27-18-10-7-11-20(12-18)36(31,32)30-17-8-5-6-9-17/h7,10-15,17,30H,5-6,8-9H2,1-4H3,(H2,26,27,28,29). The number of methoxy groups -OCH3 is 3. The zero-order chi connectivity index (χ0) is 25.7. The van der Waals surface area contributed by atoms with Crippen LogP contribution in [0, 0.1) is 6.92 Å². The minimum absolute atomic E-state index is 0.000408. The Morgan fingerprint density at radius 2 is 1.61 bits per heavy atom. The molecule has 0 atom stereocenters. The average Bonchev–Trinajstić information content (AvgIpc) is 3.38. The number of nitrogens with zero attached hydrogens (tertiary/aromatic N) is 2. The molecule has 1 fully saturated rings. The summed E-state index contributed by atoms with van der Waals surface area (Å²) < 4.78 is 44.7. The molecule has 0 amide bonds. The number of anilines is 4. The molecule has 1 aliphatic carbocycles. The molecule has 3 aromatic rings. The summed E-state index contributed by atoms with van der Waals surface area (Å²) in [7, 11) is 1.03. The van der Waals surface area contributed by atoms with Crippen LogP contribution in [-0.4, -0.2) is 45.8 Å². The molecular formula is C25H31N5O5S. The molecule has 11 heteroatoms. The van der Waals surface area contributed by atoms with Gasteiger partial charge in [0.1, 0.15) is 5.82 Å². The molecule has 0 aliphatic heterocycles. The smallest absolute Gasteiger partial charge is 0.240 e. The third-order valence-corrected chi connectivity index (χ3v) is 7.49. The molecule has 0 bridgehead atoms. The van der Waals surface area contributed by atoms with Crippen molar-refractivity contribution >= 4 is 33.2 Å². The lowest BCUT2D eigenvalue weighted by Crippen LogP contribution is -2.32. The lowest BCUT2D eigenvalue weighted by molar-refractivity contribution is 0.324. The Balaban J connectivity index is 1.55. The van der Waals surface area contributed by atoms with Gasteiger partial charge >= 0.3 is 0 Å². The van der Waals surface area contributed by atoms with E-state index in [0.717, 1.165) is 31.2 Å². The van der Waals surface area contributed by atoms with Crippen molar-refractivity contribution in [3.8, 4) is 17.2 Å². The van der Waals surface area contributed by atoms with Gasteiger partial charge < -0.3 is 24.8 Å². The Hall–Kier alpha value is -3.57. The second kappa shape index (κ2) is 11.0. The highest BCUT2D eigenvalue weighted by molar-refractivity contribution is 7.89. The Bertz CT molecular complexity index is 1300. The van der Waals surface area contributed by atoms with Crippen LogP contribution >= 0.6 is 0 Å². The average molecular weight is 514 g/mol. The third kappa shape index (κ3) is 5.80. The zero-order valence-corrected chi connectivity index (χ0v) is 21.6. The zero-order valence-electron chi connectivity index (χ0n) is 20.8. The Morgan fingerprint density at radius 1 is 0.917 bits per heavy atom. The van der Waals surface area contributed by atoms with E-state index in [4.69, 9.17) is 14.2 Å². The van der Waals surface area contributed by atoms with Crippen molar-refractivity contribution in [2.45, 2.75) is 43.5 Å². The lowest BCUT2D eigenvalue weighted by atomic mass is 10.2. The highest BCUT2D eigenvalue weighted by atomic mass is 32.2. The number of aromatic nitrogens is 2. The van der Waals surface area contributed by atoms with Gasteiger partial charge in [-0.05, 0) is 38.0 Å². The summed E-state index contributed by atoms with van der Waals surface area (Å²) in [6.45, 7) is 1.87. The summed E-state index contributed by atoms with van der Waals surface area (Å²) in [6.07, 6.45) is 5.53. The first-order valence-electron chi connectivity index (χ1n) is 11.6. The van der Waals surface area contributed by atoms with Gasteiger partial charge in [0, 0.05) is 41.3 Å². The molecule has 2 aromatic carbocycles. The topological polar surface area (TPSA) is 124 Å². The molecule has 36 heavy (non-hydrogen) atoms. The van der Waals surface area contributed by atoms with Gasteiger partial charge in [-0.15, -0.1) is 0 Å². The largest absolute Gasteiger partial charge is 0.493 e. The molecule has 192 valence electrons. The van der Waals surface area contributed by atoms with Crippen molar-refractivity contribution in [2.24, 2.45) is 0 Å². The fraction of sp³-hybridized carbons (Fsp3) is 0.360. The Morgan fingerprint density at radius 3 is 2.25 bits per heavy atom. The highest BCUT2D eigenvalue weighted by Gasteiger charge is 2.23. The first-order chi connectivity index (χ1) is 17.3. The number of rotatable bonds is 10. The first kappa shape index (κ1) is 25.5. The van der Waals surface area contributed by atoms with Gasteiger partial charge in [-0.25, -0.2) is 18.1 Å². The predicted octanol–water partition coefficient (Wildman–Crippen LogP) is 4.52. The molecule has 1 saturated carbocycles. The second-order valence-electron chi connectivity index (χ2n) is 8.52. The number of nitrogens with one attached hydrogen (secondary N) is 3. The van der Waals surface area contributed by atoms with Crippen molar-refractivity contribution in [3.05, 3.63) is 48.2 Å². The van der Waals surface area contributed by atoms with E-state index in [-0.39, 0.29) is 10.9 Å². The summed E-state index contributed by atoms with van der Waals surface area (Å²) in [5, 5.41) is 6.37. The van der Waals surface area contributed by atoms with Gasteiger partial charge in [0.15, 0.2) is 11.5 Å². The fourth-order valence-corrected chi connectivity index (χ4v) is 5.47. The molecular weight excluding hydrogens is 482 g/mol. The molecule has 0 radical (unpaired) electrons. The van der Waals surface area contributed by atoms with Gasteiger partial charge in [-0.1, -0.05) is 18.9 Å². The van der Waals surface area contributed by atoms with E-state index in [1.54, 1.807) is 63.9 Å². The minimum Gasteiger partial charge on any atom is -0.493 e. The van der Waals surface area contributed by atoms with E-state index in [2.05, 4.69) is 25.3 Å². The summed E-state index contributed by atoms with van der Waals surface area (Å²) >= 11 is 0. The van der Waals surface area contributed by atoms with E-state index in [0.29, 0.717) is 40.4 Å². The molecule has 1 aliphatic rings. The van der Waals surface area contributed by atoms with Crippen LogP contribution < -0.4 is 29.6 Å². The maximum Gasteiger partial charge on any atom is 0.240 e. The lowest BCUT2D eigenvalue weighted by Gasteiger charge is -2.16. The van der Waals surface area contributed by atoms with E-state index in [1.807, 2.05) is 6.92 Å². The molecule has 10 nitrogen and oxygen atoms in total. The van der Waals surface area contributed by atoms with Gasteiger partial charge in [-0.3, -0.25) is 0 Å². The minimum atomic E-state index is -3.61. The van der Waals surface area contributed by atoms with Crippen LogP contribution in [-0.2, 0) is 10.0 Å². The molecule has 3 N–H and O–H groups in total. The summed E-state index contributed by atoms with van der Waals surface area (Å²) in [6, 6.07) is 10.2. The van der Waals surface area contributed by atoms with Crippen molar-refractivity contribution < 1.29 is 22.6 Å². The van der Waals surface area contributed by atoms with Crippen molar-refractivity contribution in [1.29, 1.82) is 0 Å². The molecule has 1 heterocycles. The number of aryl methyl sites for hydroxylation is 1. The fourth-order valence-electron chi connectivity index (χ4n) is 4.12. The van der Waals surface area contributed by atoms with Crippen LogP contribution in [0.4, 0.5) is 23.1 Å². The second-order valence-corrected chi connectivity index (χ2v) is 10.2. The van der Waals surface area contributed by atoms with E-state index >= 15 is 0 Å². The Kier molecular flexibility index (Phi) is 7.80. The number of hydrogen-bond donors (Lipinski definition) is 3. The van der Waals surface area contributed by atoms with Crippen molar-refractivity contribution in [2.75, 3.05) is 32.0 Å². The van der Waals surface area contributed by atoms with Crippen LogP contribution in [0.3, 0.4) is 0 Å². The molecule has 0 spiro atoms. The number of ether oxygens (including phenoxy) is 3. The van der Waals surface area contributed by atoms with Crippen LogP contribution in [0.1, 0.15) is 31.2 Å². The summed E-state index contributed by atoms with van der Waals surface area (Å²) in [4.78, 5) is 9.15.